The van der Waals surface area contributed by atoms with Crippen LogP contribution in [-0.4, -0.2) is 127 Å². The van der Waals surface area contributed by atoms with Gasteiger partial charge in [0.15, 0.2) is 5.78 Å². The largest absolute Gasteiger partial charge is 0.379 e. The number of alkyl halides is 1. The van der Waals surface area contributed by atoms with Gasteiger partial charge in [-0.3, -0.25) is 24.2 Å². The standard InChI is InChI=1S/C33H46FN5O5/c34-25-13-23-28-32(29(25)38-7-5-18(35)16-38)44-27-15-22-21(19-3-1-2-4-20(19)30(22)40)14-26(27)39(28)17-24(31(23)41)33(42)36-6-8-37-9-11-43-12-10-37/h2,4,17-23,25-29,32H,1,3,5-16,35H2,(H,36,42)/t18-,19?,20?,21?,22?,23?,25?,26?,27?,28?,29?,32?/m0/s1. The first-order valence-electron chi connectivity index (χ1n) is 17.0. The van der Waals surface area contributed by atoms with Crippen molar-refractivity contribution >= 4 is 17.5 Å². The summed E-state index contributed by atoms with van der Waals surface area (Å²) in [5.41, 5.74) is 6.39. The van der Waals surface area contributed by atoms with Crippen LogP contribution in [0.2, 0.25) is 0 Å². The van der Waals surface area contributed by atoms with Gasteiger partial charge in [-0.2, -0.15) is 0 Å². The van der Waals surface area contributed by atoms with Gasteiger partial charge in [-0.1, -0.05) is 12.2 Å². The molecule has 240 valence electrons. The van der Waals surface area contributed by atoms with E-state index in [1.54, 1.807) is 6.20 Å². The molecule has 3 saturated heterocycles. The number of Topliss-reactive ketones (excluding diaryl/α,β-unsaturated/α-hetero) is 2. The zero-order valence-electron chi connectivity index (χ0n) is 25.4. The van der Waals surface area contributed by atoms with Crippen molar-refractivity contribution in [3.05, 3.63) is 23.9 Å². The number of likely N-dealkylation sites (tertiary alicyclic amines) is 1. The molecule has 3 N–H and O–H groups in total. The number of allylic oxidation sites excluding steroid dienone is 2. The van der Waals surface area contributed by atoms with Crippen LogP contribution in [0.4, 0.5) is 4.39 Å². The van der Waals surface area contributed by atoms with E-state index in [-0.39, 0.29) is 65.7 Å². The minimum Gasteiger partial charge on any atom is -0.379 e. The molecular formula is C33H46FN5O5. The number of morpholine rings is 2. The number of hydrogen-bond acceptors (Lipinski definition) is 9. The first-order valence-corrected chi connectivity index (χ1v) is 17.0. The topological polar surface area (TPSA) is 117 Å². The summed E-state index contributed by atoms with van der Waals surface area (Å²) in [7, 11) is 0. The first kappa shape index (κ1) is 29.2. The smallest absolute Gasteiger partial charge is 0.256 e. The van der Waals surface area contributed by atoms with Crippen molar-refractivity contribution in [2.45, 2.75) is 81.1 Å². The number of rotatable bonds is 5. The van der Waals surface area contributed by atoms with Crippen LogP contribution in [0.15, 0.2) is 23.9 Å². The number of nitrogens with one attached hydrogen (secondary N) is 1. The maximum atomic E-state index is 16.3. The number of carbonyl (C=O) groups is 3. The molecule has 0 aromatic rings. The minimum atomic E-state index is -1.27. The quantitative estimate of drug-likeness (QED) is 0.342. The van der Waals surface area contributed by atoms with Crippen molar-refractivity contribution in [2.24, 2.45) is 35.3 Å². The molecule has 0 radical (unpaired) electrons. The average Bonchev–Trinajstić information content (AvgIpc) is 3.58. The van der Waals surface area contributed by atoms with Gasteiger partial charge < -0.3 is 25.4 Å². The third-order valence-electron chi connectivity index (χ3n) is 12.3. The lowest BCUT2D eigenvalue weighted by atomic mass is 9.66. The highest BCUT2D eigenvalue weighted by atomic mass is 19.1. The van der Waals surface area contributed by atoms with Gasteiger partial charge in [-0.25, -0.2) is 4.39 Å². The van der Waals surface area contributed by atoms with E-state index in [4.69, 9.17) is 15.2 Å². The van der Waals surface area contributed by atoms with Crippen molar-refractivity contribution in [2.75, 3.05) is 52.5 Å². The average molecular weight is 612 g/mol. The summed E-state index contributed by atoms with van der Waals surface area (Å²) in [5, 5.41) is 2.98. The molecule has 0 bridgehead atoms. The van der Waals surface area contributed by atoms with Crippen LogP contribution in [-0.2, 0) is 23.9 Å². The van der Waals surface area contributed by atoms with Gasteiger partial charge in [0.05, 0.1) is 49.1 Å². The maximum Gasteiger partial charge on any atom is 0.256 e. The van der Waals surface area contributed by atoms with E-state index in [1.165, 1.54) is 0 Å². The Morgan fingerprint density at radius 3 is 2.68 bits per heavy atom. The molecule has 11 unspecified atom stereocenters. The second kappa shape index (κ2) is 11.6. The zero-order valence-corrected chi connectivity index (χ0v) is 25.4. The first-order chi connectivity index (χ1) is 21.4. The second-order valence-corrected chi connectivity index (χ2v) is 14.5. The maximum absolute atomic E-state index is 16.3. The molecule has 1 amide bonds. The third-order valence-corrected chi connectivity index (χ3v) is 12.3. The minimum absolute atomic E-state index is 0.00374. The molecule has 11 heteroatoms. The Morgan fingerprint density at radius 1 is 1.05 bits per heavy atom. The van der Waals surface area contributed by atoms with Gasteiger partial charge in [0.25, 0.3) is 5.91 Å². The van der Waals surface area contributed by atoms with Gasteiger partial charge >= 0.3 is 0 Å². The molecule has 4 aliphatic heterocycles. The summed E-state index contributed by atoms with van der Waals surface area (Å²) in [6.07, 6.45) is 8.31. The Labute approximate surface area is 258 Å². The second-order valence-electron chi connectivity index (χ2n) is 14.5. The Balaban J connectivity index is 1.10. The van der Waals surface area contributed by atoms with Gasteiger partial charge in [-0.05, 0) is 50.4 Å². The summed E-state index contributed by atoms with van der Waals surface area (Å²) < 4.78 is 28.6. The Bertz CT molecular complexity index is 1240. The van der Waals surface area contributed by atoms with E-state index in [0.29, 0.717) is 57.5 Å². The fourth-order valence-corrected chi connectivity index (χ4v) is 10.2. The summed E-state index contributed by atoms with van der Waals surface area (Å²) in [6.45, 7) is 5.44. The number of amides is 1. The van der Waals surface area contributed by atoms with Crippen LogP contribution in [0.25, 0.3) is 0 Å². The normalized spacial score (nSPS) is 45.3. The molecule has 10 nitrogen and oxygen atoms in total. The molecular weight excluding hydrogens is 565 g/mol. The zero-order chi connectivity index (χ0) is 30.1. The number of carbonyl (C=O) groups excluding carboxylic acids is 3. The number of fused-ring (bicyclic) bond motifs is 5. The molecule has 8 rings (SSSR count). The van der Waals surface area contributed by atoms with E-state index in [1.807, 2.05) is 0 Å². The number of halogens is 1. The van der Waals surface area contributed by atoms with Crippen LogP contribution in [0, 0.1) is 29.6 Å². The van der Waals surface area contributed by atoms with Crippen molar-refractivity contribution in [3.63, 3.8) is 0 Å². The van der Waals surface area contributed by atoms with Crippen molar-refractivity contribution in [1.29, 1.82) is 0 Å². The number of ether oxygens (including phenoxy) is 2. The SMILES string of the molecule is N[C@H]1CCN(C2C(F)CC3C(=O)C(C(=O)NCCN4CCOCC4)=CN4C5CC6C(CC5OC2C34)C(=O)C2C=CCCC26)C1. The van der Waals surface area contributed by atoms with Crippen LogP contribution < -0.4 is 11.1 Å². The lowest BCUT2D eigenvalue weighted by Crippen LogP contribution is -2.73. The highest BCUT2D eigenvalue weighted by Crippen LogP contribution is 2.55. The van der Waals surface area contributed by atoms with Gasteiger partial charge in [0.1, 0.15) is 12.0 Å². The van der Waals surface area contributed by atoms with E-state index in [0.717, 1.165) is 38.8 Å². The lowest BCUT2D eigenvalue weighted by Gasteiger charge is -2.61. The highest BCUT2D eigenvalue weighted by Gasteiger charge is 2.63. The highest BCUT2D eigenvalue weighted by molar-refractivity contribution is 6.20. The van der Waals surface area contributed by atoms with E-state index >= 15 is 4.39 Å². The Kier molecular flexibility index (Phi) is 7.68. The Hall–Kier alpha value is -2.18. The number of nitrogens with two attached hydrogens (primary N) is 1. The van der Waals surface area contributed by atoms with Crippen LogP contribution in [0.5, 0.6) is 0 Å². The summed E-state index contributed by atoms with van der Waals surface area (Å²) in [4.78, 5) is 47.8. The molecule has 6 fully saturated rings. The summed E-state index contributed by atoms with van der Waals surface area (Å²) in [6, 6.07) is -0.894. The lowest BCUT2D eigenvalue weighted by molar-refractivity contribution is -0.217. The molecule has 8 aliphatic rings. The van der Waals surface area contributed by atoms with Crippen molar-refractivity contribution < 1.29 is 28.2 Å². The van der Waals surface area contributed by atoms with E-state index < -0.39 is 24.2 Å². The molecule has 0 aromatic carbocycles. The fraction of sp³-hybridized carbons (Fsp3) is 0.788. The van der Waals surface area contributed by atoms with Gasteiger partial charge in [0.2, 0.25) is 0 Å². The van der Waals surface area contributed by atoms with Crippen molar-refractivity contribution in [1.82, 2.24) is 20.0 Å². The van der Waals surface area contributed by atoms with Gasteiger partial charge in [-0.15, -0.1) is 0 Å². The fourth-order valence-electron chi connectivity index (χ4n) is 10.2. The molecule has 0 spiro atoms. The predicted molar refractivity (Wildman–Crippen MR) is 159 cm³/mol. The predicted octanol–water partition coefficient (Wildman–Crippen LogP) is 0.659. The monoisotopic (exact) mass is 611 g/mol. The third kappa shape index (κ3) is 4.80. The number of ketones is 2. The van der Waals surface area contributed by atoms with Crippen LogP contribution in [0.3, 0.4) is 0 Å². The molecule has 12 atom stereocenters. The van der Waals surface area contributed by atoms with E-state index in [9.17, 15) is 14.4 Å². The van der Waals surface area contributed by atoms with Crippen LogP contribution in [0.1, 0.15) is 38.5 Å². The van der Waals surface area contributed by atoms with Crippen LogP contribution >= 0.6 is 0 Å². The molecule has 44 heavy (non-hydrogen) atoms. The molecule has 0 aromatic heterocycles. The molecule has 3 saturated carbocycles. The molecule has 4 heterocycles. The number of nitrogens with zero attached hydrogens (tertiary/aromatic N) is 3. The Morgan fingerprint density at radius 2 is 1.89 bits per heavy atom. The number of hydrogen-bond donors (Lipinski definition) is 2. The molecule has 4 aliphatic carbocycles. The van der Waals surface area contributed by atoms with E-state index in [2.05, 4.69) is 32.2 Å². The van der Waals surface area contributed by atoms with Crippen molar-refractivity contribution in [3.8, 4) is 0 Å². The van der Waals surface area contributed by atoms with Gasteiger partial charge in [0, 0.05) is 69.3 Å². The summed E-state index contributed by atoms with van der Waals surface area (Å²) >= 11 is 0. The summed E-state index contributed by atoms with van der Waals surface area (Å²) in [5.74, 6) is -0.448.